The van der Waals surface area contributed by atoms with Crippen LogP contribution in [0.3, 0.4) is 0 Å². The molecule has 0 spiro atoms. The highest BCUT2D eigenvalue weighted by atomic mass is 19.4. The molecule has 1 saturated heterocycles. The lowest BCUT2D eigenvalue weighted by atomic mass is 10.1. The summed E-state index contributed by atoms with van der Waals surface area (Å²) in [5, 5.41) is 12.7. The summed E-state index contributed by atoms with van der Waals surface area (Å²) in [5.41, 5.74) is 1.15. The number of halogens is 3. The van der Waals surface area contributed by atoms with Gasteiger partial charge in [0.05, 0.1) is 31.2 Å². The summed E-state index contributed by atoms with van der Waals surface area (Å²) in [6, 6.07) is 0. The minimum Gasteiger partial charge on any atom is -0.481 e. The van der Waals surface area contributed by atoms with Crippen LogP contribution < -0.4 is 0 Å². The normalized spacial score (nSPS) is 18.4. The van der Waals surface area contributed by atoms with E-state index in [1.807, 2.05) is 0 Å². The fourth-order valence-electron chi connectivity index (χ4n) is 2.84. The second-order valence-electron chi connectivity index (χ2n) is 6.03. The van der Waals surface area contributed by atoms with Crippen LogP contribution in [-0.4, -0.2) is 63.6 Å². The van der Waals surface area contributed by atoms with Gasteiger partial charge < -0.3 is 14.7 Å². The second kappa shape index (κ2) is 7.42. The molecule has 1 N–H and O–H groups in total. The predicted molar refractivity (Wildman–Crippen MR) is 80.0 cm³/mol. The van der Waals surface area contributed by atoms with E-state index in [-0.39, 0.29) is 31.9 Å². The lowest BCUT2D eigenvalue weighted by Crippen LogP contribution is -2.46. The molecule has 1 unspecified atom stereocenters. The van der Waals surface area contributed by atoms with Crippen LogP contribution in [0.15, 0.2) is 0 Å². The molecule has 1 aliphatic rings. The summed E-state index contributed by atoms with van der Waals surface area (Å²) in [7, 11) is 0. The SMILES string of the molecule is Cc1nn(CC(F)(F)F)c(C)c1CC(=O)N1CCOC(CC(=O)O)C1. The maximum absolute atomic E-state index is 12.6. The lowest BCUT2D eigenvalue weighted by Gasteiger charge is -2.32. The Kier molecular flexibility index (Phi) is 5.71. The molecular formula is C15H20F3N3O4. The van der Waals surface area contributed by atoms with E-state index in [1.165, 1.54) is 11.8 Å². The summed E-state index contributed by atoms with van der Waals surface area (Å²) < 4.78 is 43.9. The monoisotopic (exact) mass is 363 g/mol. The Bertz CT molecular complexity index is 657. The van der Waals surface area contributed by atoms with Crippen LogP contribution in [0, 0.1) is 13.8 Å². The Balaban J connectivity index is 2.06. The Morgan fingerprint density at radius 1 is 1.36 bits per heavy atom. The van der Waals surface area contributed by atoms with Gasteiger partial charge in [0.2, 0.25) is 5.91 Å². The van der Waals surface area contributed by atoms with E-state index in [4.69, 9.17) is 9.84 Å². The number of hydrogen-bond donors (Lipinski definition) is 1. The first-order valence-electron chi connectivity index (χ1n) is 7.77. The van der Waals surface area contributed by atoms with Crippen molar-refractivity contribution in [3.05, 3.63) is 17.0 Å². The number of alkyl halides is 3. The minimum atomic E-state index is -4.39. The maximum Gasteiger partial charge on any atom is 0.408 e. The highest BCUT2D eigenvalue weighted by Crippen LogP contribution is 2.22. The van der Waals surface area contributed by atoms with Crippen LogP contribution in [0.1, 0.15) is 23.4 Å². The fraction of sp³-hybridized carbons (Fsp3) is 0.667. The topological polar surface area (TPSA) is 84.7 Å². The molecule has 0 aromatic carbocycles. The van der Waals surface area contributed by atoms with Gasteiger partial charge in [0.1, 0.15) is 6.54 Å². The Hall–Kier alpha value is -2.10. The van der Waals surface area contributed by atoms with E-state index < -0.39 is 24.8 Å². The molecule has 25 heavy (non-hydrogen) atoms. The summed E-state index contributed by atoms with van der Waals surface area (Å²) in [4.78, 5) is 24.7. The van der Waals surface area contributed by atoms with E-state index in [0.717, 1.165) is 4.68 Å². The van der Waals surface area contributed by atoms with Crippen molar-refractivity contribution in [2.75, 3.05) is 19.7 Å². The number of rotatable bonds is 5. The van der Waals surface area contributed by atoms with Gasteiger partial charge in [-0.2, -0.15) is 18.3 Å². The molecule has 2 rings (SSSR count). The Morgan fingerprint density at radius 3 is 2.64 bits per heavy atom. The summed E-state index contributed by atoms with van der Waals surface area (Å²) in [6.45, 7) is 2.57. The van der Waals surface area contributed by atoms with Crippen molar-refractivity contribution in [1.82, 2.24) is 14.7 Å². The number of amides is 1. The van der Waals surface area contributed by atoms with Crippen LogP contribution in [0.4, 0.5) is 13.2 Å². The van der Waals surface area contributed by atoms with Crippen LogP contribution >= 0.6 is 0 Å². The van der Waals surface area contributed by atoms with Crippen molar-refractivity contribution >= 4 is 11.9 Å². The second-order valence-corrected chi connectivity index (χ2v) is 6.03. The van der Waals surface area contributed by atoms with Crippen molar-refractivity contribution in [2.45, 2.75) is 45.5 Å². The zero-order valence-electron chi connectivity index (χ0n) is 14.0. The van der Waals surface area contributed by atoms with Crippen LogP contribution in [0.2, 0.25) is 0 Å². The van der Waals surface area contributed by atoms with Crippen molar-refractivity contribution in [3.8, 4) is 0 Å². The molecule has 0 bridgehead atoms. The van der Waals surface area contributed by atoms with Gasteiger partial charge in [-0.3, -0.25) is 14.3 Å². The first kappa shape index (κ1) is 19.2. The maximum atomic E-state index is 12.6. The number of carboxylic acid groups (broad SMARTS) is 1. The number of carbonyl (C=O) groups excluding carboxylic acids is 1. The first-order valence-corrected chi connectivity index (χ1v) is 7.77. The number of morpholine rings is 1. The molecule has 10 heteroatoms. The molecular weight excluding hydrogens is 343 g/mol. The molecule has 1 aromatic rings. The number of nitrogens with zero attached hydrogens (tertiary/aromatic N) is 3. The van der Waals surface area contributed by atoms with Gasteiger partial charge in [-0.15, -0.1) is 0 Å². The van der Waals surface area contributed by atoms with Crippen molar-refractivity contribution in [3.63, 3.8) is 0 Å². The van der Waals surface area contributed by atoms with Gasteiger partial charge in [0.25, 0.3) is 0 Å². The molecule has 1 aromatic heterocycles. The number of ether oxygens (including phenoxy) is 1. The van der Waals surface area contributed by atoms with Crippen LogP contribution in [0.25, 0.3) is 0 Å². The van der Waals surface area contributed by atoms with E-state index >= 15 is 0 Å². The smallest absolute Gasteiger partial charge is 0.408 e. The van der Waals surface area contributed by atoms with Gasteiger partial charge in [-0.1, -0.05) is 0 Å². The molecule has 1 amide bonds. The standard InChI is InChI=1S/C15H20F3N3O4/c1-9-12(10(2)21(19-9)8-15(16,17)18)6-13(22)20-3-4-25-11(7-20)5-14(23)24/h11H,3-8H2,1-2H3,(H,23,24). The van der Waals surface area contributed by atoms with E-state index in [0.29, 0.717) is 23.5 Å². The molecule has 0 aliphatic carbocycles. The average Bonchev–Trinajstić information content (AvgIpc) is 2.72. The van der Waals surface area contributed by atoms with Crippen molar-refractivity contribution < 1.29 is 32.6 Å². The number of carbonyl (C=O) groups is 2. The summed E-state index contributed by atoms with van der Waals surface area (Å²) >= 11 is 0. The van der Waals surface area contributed by atoms with Gasteiger partial charge in [-0.25, -0.2) is 0 Å². The molecule has 0 radical (unpaired) electrons. The predicted octanol–water partition coefficient (Wildman–Crippen LogP) is 1.31. The largest absolute Gasteiger partial charge is 0.481 e. The van der Waals surface area contributed by atoms with Crippen molar-refractivity contribution in [1.29, 1.82) is 0 Å². The highest BCUT2D eigenvalue weighted by molar-refractivity contribution is 5.79. The quantitative estimate of drug-likeness (QED) is 0.853. The third kappa shape index (κ3) is 5.18. The number of aromatic nitrogens is 2. The average molecular weight is 363 g/mol. The fourth-order valence-corrected chi connectivity index (χ4v) is 2.84. The van der Waals surface area contributed by atoms with E-state index in [9.17, 15) is 22.8 Å². The lowest BCUT2D eigenvalue weighted by molar-refractivity contribution is -0.147. The van der Waals surface area contributed by atoms with Crippen LogP contribution in [-0.2, 0) is 27.3 Å². The van der Waals surface area contributed by atoms with Gasteiger partial charge in [0, 0.05) is 24.3 Å². The van der Waals surface area contributed by atoms with E-state index in [1.54, 1.807) is 6.92 Å². The summed E-state index contributed by atoms with van der Waals surface area (Å²) in [5.74, 6) is -1.30. The van der Waals surface area contributed by atoms with Crippen LogP contribution in [0.5, 0.6) is 0 Å². The molecule has 2 heterocycles. The Morgan fingerprint density at radius 2 is 2.04 bits per heavy atom. The van der Waals surface area contributed by atoms with E-state index in [2.05, 4.69) is 5.10 Å². The van der Waals surface area contributed by atoms with Gasteiger partial charge in [0.15, 0.2) is 0 Å². The zero-order valence-corrected chi connectivity index (χ0v) is 14.0. The number of aliphatic carboxylic acids is 1. The first-order chi connectivity index (χ1) is 11.6. The van der Waals surface area contributed by atoms with Gasteiger partial charge in [-0.05, 0) is 13.8 Å². The molecule has 1 fully saturated rings. The molecule has 7 nitrogen and oxygen atoms in total. The molecule has 140 valence electrons. The zero-order chi connectivity index (χ0) is 18.8. The number of hydrogen-bond acceptors (Lipinski definition) is 4. The molecule has 0 saturated carbocycles. The van der Waals surface area contributed by atoms with Crippen molar-refractivity contribution in [2.24, 2.45) is 0 Å². The number of carboxylic acids is 1. The Labute approximate surface area is 142 Å². The third-order valence-electron chi connectivity index (χ3n) is 4.08. The minimum absolute atomic E-state index is 0.0741. The highest BCUT2D eigenvalue weighted by Gasteiger charge is 2.31. The van der Waals surface area contributed by atoms with Gasteiger partial charge >= 0.3 is 12.1 Å². The number of aryl methyl sites for hydroxylation is 1. The molecule has 1 aliphatic heterocycles. The third-order valence-corrected chi connectivity index (χ3v) is 4.08. The molecule has 1 atom stereocenters. The summed E-state index contributed by atoms with van der Waals surface area (Å²) in [6.07, 6.45) is -5.25.